The van der Waals surface area contributed by atoms with Crippen LogP contribution in [-0.4, -0.2) is 28.4 Å². The van der Waals surface area contributed by atoms with Crippen molar-refractivity contribution in [2.45, 2.75) is 33.4 Å². The molecule has 2 heterocycles. The number of anilines is 1. The summed E-state index contributed by atoms with van der Waals surface area (Å²) in [6, 6.07) is 4.30. The van der Waals surface area contributed by atoms with E-state index in [1.54, 1.807) is 0 Å². The molecule has 0 aliphatic rings. The second-order valence-electron chi connectivity index (χ2n) is 5.53. The first-order chi connectivity index (χ1) is 10.1. The van der Waals surface area contributed by atoms with Crippen molar-refractivity contribution in [3.63, 3.8) is 0 Å². The summed E-state index contributed by atoms with van der Waals surface area (Å²) < 4.78 is 1.83. The Kier molecular flexibility index (Phi) is 5.33. The molecule has 0 spiro atoms. The Hall–Kier alpha value is -1.88. The Morgan fingerprint density at radius 2 is 2.10 bits per heavy atom. The Morgan fingerprint density at radius 3 is 2.76 bits per heavy atom. The Morgan fingerprint density at radius 1 is 1.29 bits per heavy atom. The molecule has 2 aromatic rings. The Balaban J connectivity index is 2.07. The zero-order chi connectivity index (χ0) is 15.2. The van der Waals surface area contributed by atoms with Crippen LogP contribution in [0.5, 0.6) is 0 Å². The molecule has 0 unspecified atom stereocenters. The molecule has 0 fully saturated rings. The molecule has 0 radical (unpaired) electrons. The van der Waals surface area contributed by atoms with Crippen molar-refractivity contribution in [3.05, 3.63) is 41.3 Å². The van der Waals surface area contributed by atoms with Crippen molar-refractivity contribution >= 4 is 5.82 Å². The summed E-state index contributed by atoms with van der Waals surface area (Å²) in [6.07, 6.45) is 5.09. The molecule has 0 aliphatic heterocycles. The molecular weight excluding hydrogens is 262 g/mol. The average molecular weight is 287 g/mol. The number of aryl methyl sites for hydroxylation is 2. The summed E-state index contributed by atoms with van der Waals surface area (Å²) in [7, 11) is 4.00. The van der Waals surface area contributed by atoms with Crippen LogP contribution in [0.15, 0.2) is 24.5 Å². The molecule has 0 aliphatic carbocycles. The van der Waals surface area contributed by atoms with Crippen molar-refractivity contribution in [1.82, 2.24) is 20.1 Å². The van der Waals surface area contributed by atoms with Gasteiger partial charge in [0.25, 0.3) is 0 Å². The molecule has 0 saturated heterocycles. The van der Waals surface area contributed by atoms with Gasteiger partial charge >= 0.3 is 0 Å². The summed E-state index contributed by atoms with van der Waals surface area (Å²) >= 11 is 0. The fourth-order valence-corrected chi connectivity index (χ4v) is 2.34. The third kappa shape index (κ3) is 4.56. The van der Waals surface area contributed by atoms with Crippen LogP contribution in [0, 0.1) is 6.92 Å². The van der Waals surface area contributed by atoms with Gasteiger partial charge in [-0.15, -0.1) is 0 Å². The van der Waals surface area contributed by atoms with E-state index in [0.717, 1.165) is 37.6 Å². The van der Waals surface area contributed by atoms with Crippen LogP contribution < -0.4 is 10.2 Å². The van der Waals surface area contributed by atoms with Gasteiger partial charge in [-0.2, -0.15) is 5.10 Å². The van der Waals surface area contributed by atoms with Gasteiger partial charge in [-0.25, -0.2) is 4.98 Å². The molecule has 2 aromatic heterocycles. The maximum Gasteiger partial charge on any atom is 0.129 e. The Labute approximate surface area is 127 Å². The molecule has 0 saturated carbocycles. The number of rotatable bonds is 7. The molecular formula is C16H25N5. The highest BCUT2D eigenvalue weighted by atomic mass is 15.2. The number of nitrogens with one attached hydrogen (secondary N) is 1. The van der Waals surface area contributed by atoms with E-state index in [2.05, 4.69) is 46.4 Å². The molecule has 5 nitrogen and oxygen atoms in total. The van der Waals surface area contributed by atoms with Gasteiger partial charge in [-0.3, -0.25) is 4.68 Å². The third-order valence-electron chi connectivity index (χ3n) is 3.32. The number of aromatic nitrogens is 3. The van der Waals surface area contributed by atoms with Crippen molar-refractivity contribution in [2.24, 2.45) is 7.05 Å². The van der Waals surface area contributed by atoms with Gasteiger partial charge in [-0.05, 0) is 37.6 Å². The zero-order valence-electron chi connectivity index (χ0n) is 13.4. The molecule has 0 bridgehead atoms. The maximum atomic E-state index is 4.64. The summed E-state index contributed by atoms with van der Waals surface area (Å²) in [5, 5.41) is 7.65. The molecule has 21 heavy (non-hydrogen) atoms. The maximum absolute atomic E-state index is 4.64. The Bertz CT molecular complexity index is 576. The van der Waals surface area contributed by atoms with Crippen LogP contribution >= 0.6 is 0 Å². The highest BCUT2D eigenvalue weighted by molar-refractivity contribution is 5.42. The normalized spacial score (nSPS) is 10.9. The fourth-order valence-electron chi connectivity index (χ4n) is 2.34. The van der Waals surface area contributed by atoms with Gasteiger partial charge in [0.1, 0.15) is 5.82 Å². The largest absolute Gasteiger partial charge is 0.355 e. The standard InChI is InChI=1S/C16H25N5/c1-5-6-17-9-14-7-13(2)19-16(8-14)20(3)11-15-10-18-21(4)12-15/h7-8,10,12,17H,5-6,9,11H2,1-4H3. The van der Waals surface area contributed by atoms with Crippen LogP contribution in [0.25, 0.3) is 0 Å². The summed E-state index contributed by atoms with van der Waals surface area (Å²) in [4.78, 5) is 6.80. The lowest BCUT2D eigenvalue weighted by molar-refractivity contribution is 0.674. The SMILES string of the molecule is CCCNCc1cc(C)nc(N(C)Cc2cnn(C)c2)c1. The van der Waals surface area contributed by atoms with Crippen LogP contribution in [-0.2, 0) is 20.1 Å². The first-order valence-corrected chi connectivity index (χ1v) is 7.45. The minimum Gasteiger partial charge on any atom is -0.355 e. The molecule has 0 amide bonds. The topological polar surface area (TPSA) is 46.0 Å². The van der Waals surface area contributed by atoms with E-state index in [1.165, 1.54) is 11.1 Å². The molecule has 0 atom stereocenters. The van der Waals surface area contributed by atoms with Gasteiger partial charge in [0.05, 0.1) is 6.20 Å². The third-order valence-corrected chi connectivity index (χ3v) is 3.32. The monoisotopic (exact) mass is 287 g/mol. The van der Waals surface area contributed by atoms with Gasteiger partial charge in [0.2, 0.25) is 0 Å². The van der Waals surface area contributed by atoms with Crippen LogP contribution in [0.4, 0.5) is 5.82 Å². The van der Waals surface area contributed by atoms with Crippen molar-refractivity contribution in [3.8, 4) is 0 Å². The first kappa shape index (κ1) is 15.5. The van der Waals surface area contributed by atoms with E-state index < -0.39 is 0 Å². The summed E-state index contributed by atoms with van der Waals surface area (Å²) in [6.45, 7) is 6.97. The quantitative estimate of drug-likeness (QED) is 0.794. The predicted molar refractivity (Wildman–Crippen MR) is 86.3 cm³/mol. The summed E-state index contributed by atoms with van der Waals surface area (Å²) in [5.41, 5.74) is 3.52. The van der Waals surface area contributed by atoms with Crippen LogP contribution in [0.1, 0.15) is 30.2 Å². The van der Waals surface area contributed by atoms with Crippen molar-refractivity contribution in [1.29, 1.82) is 0 Å². The van der Waals surface area contributed by atoms with E-state index in [-0.39, 0.29) is 0 Å². The molecule has 1 N–H and O–H groups in total. The van der Waals surface area contributed by atoms with Gasteiger partial charge in [0.15, 0.2) is 0 Å². The lowest BCUT2D eigenvalue weighted by Crippen LogP contribution is -2.19. The summed E-state index contributed by atoms with van der Waals surface area (Å²) in [5.74, 6) is 1.01. The molecule has 5 heteroatoms. The lowest BCUT2D eigenvalue weighted by Gasteiger charge is -2.19. The fraction of sp³-hybridized carbons (Fsp3) is 0.500. The van der Waals surface area contributed by atoms with E-state index >= 15 is 0 Å². The highest BCUT2D eigenvalue weighted by Gasteiger charge is 2.07. The van der Waals surface area contributed by atoms with E-state index in [0.29, 0.717) is 0 Å². The minimum atomic E-state index is 0.812. The first-order valence-electron chi connectivity index (χ1n) is 7.45. The van der Waals surface area contributed by atoms with E-state index in [1.807, 2.05) is 31.0 Å². The predicted octanol–water partition coefficient (Wildman–Crippen LogP) is 2.26. The number of nitrogens with zero attached hydrogens (tertiary/aromatic N) is 4. The smallest absolute Gasteiger partial charge is 0.129 e. The van der Waals surface area contributed by atoms with Gasteiger partial charge in [0, 0.05) is 44.6 Å². The number of hydrogen-bond donors (Lipinski definition) is 1. The lowest BCUT2D eigenvalue weighted by atomic mass is 10.2. The highest BCUT2D eigenvalue weighted by Crippen LogP contribution is 2.16. The van der Waals surface area contributed by atoms with Crippen LogP contribution in [0.3, 0.4) is 0 Å². The molecule has 0 aromatic carbocycles. The van der Waals surface area contributed by atoms with Crippen molar-refractivity contribution in [2.75, 3.05) is 18.5 Å². The molecule has 2 rings (SSSR count). The van der Waals surface area contributed by atoms with Gasteiger partial charge in [-0.1, -0.05) is 6.92 Å². The average Bonchev–Trinajstić information content (AvgIpc) is 2.84. The van der Waals surface area contributed by atoms with Crippen molar-refractivity contribution < 1.29 is 0 Å². The second kappa shape index (κ2) is 7.22. The minimum absolute atomic E-state index is 0.812. The van der Waals surface area contributed by atoms with Gasteiger partial charge < -0.3 is 10.2 Å². The number of hydrogen-bond acceptors (Lipinski definition) is 4. The zero-order valence-corrected chi connectivity index (χ0v) is 13.4. The van der Waals surface area contributed by atoms with Crippen LogP contribution in [0.2, 0.25) is 0 Å². The van der Waals surface area contributed by atoms with E-state index in [4.69, 9.17) is 0 Å². The molecule has 114 valence electrons. The number of pyridine rings is 1. The second-order valence-corrected chi connectivity index (χ2v) is 5.53. The van der Waals surface area contributed by atoms with E-state index in [9.17, 15) is 0 Å².